The molecule has 0 aliphatic carbocycles. The van der Waals surface area contributed by atoms with Gasteiger partial charge in [-0.25, -0.2) is 0 Å². The predicted octanol–water partition coefficient (Wildman–Crippen LogP) is 5.81. The average molecular weight is 311 g/mol. The number of halogens is 1. The second-order valence-electron chi connectivity index (χ2n) is 6.11. The summed E-state index contributed by atoms with van der Waals surface area (Å²) in [6.07, 6.45) is 1.90. The molecule has 1 aliphatic rings. The van der Waals surface area contributed by atoms with Gasteiger partial charge < -0.3 is 4.74 Å². The van der Waals surface area contributed by atoms with Gasteiger partial charge in [0, 0.05) is 16.2 Å². The first-order valence-electron chi connectivity index (χ1n) is 7.35. The Bertz CT molecular complexity index is 767. The molecular formula is C20H19ClO. The zero-order valence-corrected chi connectivity index (χ0v) is 13.9. The normalized spacial score (nSPS) is 16.0. The monoisotopic (exact) mass is 310 g/mol. The van der Waals surface area contributed by atoms with E-state index in [1.807, 2.05) is 24.3 Å². The molecule has 0 spiro atoms. The van der Waals surface area contributed by atoms with Crippen molar-refractivity contribution in [3.05, 3.63) is 82.4 Å². The molecule has 2 aromatic carbocycles. The first-order valence-corrected chi connectivity index (χ1v) is 7.73. The van der Waals surface area contributed by atoms with Gasteiger partial charge >= 0.3 is 0 Å². The predicted molar refractivity (Wildman–Crippen MR) is 93.6 cm³/mol. The summed E-state index contributed by atoms with van der Waals surface area (Å²) in [5.41, 5.74) is 5.28. The van der Waals surface area contributed by atoms with Crippen LogP contribution < -0.4 is 4.74 Å². The van der Waals surface area contributed by atoms with Crippen molar-refractivity contribution in [2.75, 3.05) is 0 Å². The molecule has 3 rings (SSSR count). The molecule has 0 bridgehead atoms. The number of hydrogen-bond acceptors (Lipinski definition) is 1. The van der Waals surface area contributed by atoms with Gasteiger partial charge in [-0.15, -0.1) is 0 Å². The fourth-order valence-electron chi connectivity index (χ4n) is 2.94. The Morgan fingerprint density at radius 2 is 1.77 bits per heavy atom. The molecule has 0 unspecified atom stereocenters. The molecule has 0 fully saturated rings. The largest absolute Gasteiger partial charge is 0.482 e. The van der Waals surface area contributed by atoms with Gasteiger partial charge in [0.15, 0.2) is 0 Å². The van der Waals surface area contributed by atoms with E-state index in [4.69, 9.17) is 16.3 Å². The Hall–Kier alpha value is -1.99. The second kappa shape index (κ2) is 5.33. The van der Waals surface area contributed by atoms with Crippen LogP contribution in [0, 0.1) is 6.92 Å². The van der Waals surface area contributed by atoms with Crippen LogP contribution in [0.5, 0.6) is 5.75 Å². The van der Waals surface area contributed by atoms with Crippen LogP contribution in [0.4, 0.5) is 0 Å². The Morgan fingerprint density at radius 1 is 1.09 bits per heavy atom. The van der Waals surface area contributed by atoms with Gasteiger partial charge in [-0.2, -0.15) is 0 Å². The summed E-state index contributed by atoms with van der Waals surface area (Å²) in [6.45, 7) is 10.2. The summed E-state index contributed by atoms with van der Waals surface area (Å²) < 4.78 is 6.17. The Labute approximate surface area is 136 Å². The van der Waals surface area contributed by atoms with Gasteiger partial charge in [0.2, 0.25) is 0 Å². The molecular weight excluding hydrogens is 292 g/mol. The molecule has 0 amide bonds. The molecule has 1 heterocycles. The Balaban J connectivity index is 2.32. The van der Waals surface area contributed by atoms with E-state index >= 15 is 0 Å². The zero-order chi connectivity index (χ0) is 15.9. The number of fused-ring (bicyclic) bond motifs is 1. The molecule has 0 aromatic heterocycles. The maximum Gasteiger partial charge on any atom is 0.129 e. The summed E-state index contributed by atoms with van der Waals surface area (Å²) in [6, 6.07) is 14.3. The second-order valence-corrected chi connectivity index (χ2v) is 6.55. The summed E-state index contributed by atoms with van der Waals surface area (Å²) in [4.78, 5) is 0. The van der Waals surface area contributed by atoms with E-state index in [0.29, 0.717) is 5.02 Å². The average Bonchev–Trinajstić information content (AvgIpc) is 2.45. The third kappa shape index (κ3) is 2.46. The van der Waals surface area contributed by atoms with Crippen LogP contribution in [0.15, 0.2) is 60.7 Å². The van der Waals surface area contributed by atoms with Crippen LogP contribution in [0.2, 0.25) is 5.02 Å². The highest BCUT2D eigenvalue weighted by atomic mass is 35.5. The molecule has 1 aliphatic heterocycles. The number of benzene rings is 2. The maximum absolute atomic E-state index is 6.17. The van der Waals surface area contributed by atoms with E-state index in [0.717, 1.165) is 22.5 Å². The highest BCUT2D eigenvalue weighted by Crippen LogP contribution is 2.45. The molecule has 2 aromatic rings. The Kier molecular flexibility index (Phi) is 3.62. The minimum absolute atomic E-state index is 0.445. The lowest BCUT2D eigenvalue weighted by Gasteiger charge is -2.36. The summed E-state index contributed by atoms with van der Waals surface area (Å²) >= 11 is 6.14. The number of ether oxygens (including phenoxy) is 1. The van der Waals surface area contributed by atoms with Gasteiger partial charge in [-0.05, 0) is 50.1 Å². The van der Waals surface area contributed by atoms with E-state index in [1.165, 1.54) is 11.1 Å². The van der Waals surface area contributed by atoms with Crippen molar-refractivity contribution in [1.29, 1.82) is 0 Å². The maximum atomic E-state index is 6.17. The highest BCUT2D eigenvalue weighted by Gasteiger charge is 2.33. The fourth-order valence-corrected chi connectivity index (χ4v) is 3.10. The zero-order valence-electron chi connectivity index (χ0n) is 13.1. The van der Waals surface area contributed by atoms with Crippen LogP contribution in [0.25, 0.3) is 5.57 Å². The van der Waals surface area contributed by atoms with Crippen molar-refractivity contribution >= 4 is 17.2 Å². The van der Waals surface area contributed by atoms with Crippen molar-refractivity contribution in [2.45, 2.75) is 26.4 Å². The lowest BCUT2D eigenvalue weighted by molar-refractivity contribution is 0.148. The van der Waals surface area contributed by atoms with E-state index in [9.17, 15) is 0 Å². The number of hydrogen-bond donors (Lipinski definition) is 0. The minimum Gasteiger partial charge on any atom is -0.482 e. The van der Waals surface area contributed by atoms with Crippen LogP contribution in [0.3, 0.4) is 0 Å². The number of aryl methyl sites for hydroxylation is 1. The molecule has 2 heteroatoms. The Morgan fingerprint density at radius 3 is 2.41 bits per heavy atom. The van der Waals surface area contributed by atoms with Crippen LogP contribution in [-0.2, 0) is 0 Å². The highest BCUT2D eigenvalue weighted by molar-refractivity contribution is 6.30. The first kappa shape index (κ1) is 14.9. The molecule has 0 saturated heterocycles. The number of rotatable bonds is 2. The van der Waals surface area contributed by atoms with Crippen molar-refractivity contribution in [3.8, 4) is 5.75 Å². The van der Waals surface area contributed by atoms with Gasteiger partial charge in [0.25, 0.3) is 0 Å². The van der Waals surface area contributed by atoms with Crippen molar-refractivity contribution in [1.82, 2.24) is 0 Å². The minimum atomic E-state index is -0.445. The van der Waals surface area contributed by atoms with Gasteiger partial charge in [-0.1, -0.05) is 54.1 Å². The molecule has 112 valence electrons. The van der Waals surface area contributed by atoms with Gasteiger partial charge in [0.05, 0.1) is 0 Å². The van der Waals surface area contributed by atoms with E-state index in [2.05, 4.69) is 51.6 Å². The summed E-state index contributed by atoms with van der Waals surface area (Å²) in [7, 11) is 0. The van der Waals surface area contributed by atoms with Crippen molar-refractivity contribution in [2.24, 2.45) is 0 Å². The summed E-state index contributed by atoms with van der Waals surface area (Å²) in [5, 5.41) is 0.680. The topological polar surface area (TPSA) is 9.23 Å². The molecule has 0 N–H and O–H groups in total. The first-order chi connectivity index (χ1) is 10.4. The molecule has 1 nitrogen and oxygen atoms in total. The van der Waals surface area contributed by atoms with Gasteiger partial charge in [0.1, 0.15) is 11.4 Å². The molecule has 22 heavy (non-hydrogen) atoms. The van der Waals surface area contributed by atoms with E-state index in [1.54, 1.807) is 0 Å². The van der Waals surface area contributed by atoms with Gasteiger partial charge in [-0.3, -0.25) is 0 Å². The van der Waals surface area contributed by atoms with Crippen molar-refractivity contribution in [3.63, 3.8) is 0 Å². The van der Waals surface area contributed by atoms with E-state index in [-0.39, 0.29) is 0 Å². The lowest BCUT2D eigenvalue weighted by Crippen LogP contribution is -2.34. The molecule has 0 saturated carbocycles. The standard InChI is InChI=1S/C20H19ClO/c1-5-17-19(14-8-6-13(2)7-9-14)16-11-10-15(21)12-18(16)22-20(17,3)4/h5-12H,1H2,2-4H3. The quantitative estimate of drug-likeness (QED) is 0.680. The van der Waals surface area contributed by atoms with Crippen molar-refractivity contribution < 1.29 is 4.74 Å². The lowest BCUT2D eigenvalue weighted by atomic mass is 9.82. The van der Waals surface area contributed by atoms with Crippen LogP contribution in [-0.4, -0.2) is 5.60 Å². The third-order valence-corrected chi connectivity index (χ3v) is 4.28. The SMILES string of the molecule is C=CC1=C(c2ccc(C)cc2)c2ccc(Cl)cc2OC1(C)C. The van der Waals surface area contributed by atoms with Crippen LogP contribution in [0.1, 0.15) is 30.5 Å². The van der Waals surface area contributed by atoms with E-state index < -0.39 is 5.60 Å². The third-order valence-electron chi connectivity index (χ3n) is 4.04. The fraction of sp³-hybridized carbons (Fsp3) is 0.200. The van der Waals surface area contributed by atoms with Crippen LogP contribution >= 0.6 is 11.6 Å². The summed E-state index contributed by atoms with van der Waals surface area (Å²) in [5.74, 6) is 0.818. The smallest absolute Gasteiger partial charge is 0.129 e. The molecule has 0 atom stereocenters. The molecule has 0 radical (unpaired) electrons.